The second kappa shape index (κ2) is 7.40. The monoisotopic (exact) mass is 402 g/mol. The summed E-state index contributed by atoms with van der Waals surface area (Å²) >= 11 is 0. The zero-order valence-electron chi connectivity index (χ0n) is 17.1. The number of rotatable bonds is 4. The number of benzene rings is 4. The summed E-state index contributed by atoms with van der Waals surface area (Å²) in [6.07, 6.45) is 2.33. The Morgan fingerprint density at radius 2 is 1.52 bits per heavy atom. The van der Waals surface area contributed by atoms with E-state index in [1.807, 2.05) is 30.3 Å². The van der Waals surface area contributed by atoms with E-state index in [1.54, 1.807) is 0 Å². The van der Waals surface area contributed by atoms with E-state index in [9.17, 15) is 0 Å². The van der Waals surface area contributed by atoms with E-state index in [0.717, 1.165) is 57.7 Å². The molecular weight excluding hydrogens is 380 g/mol. The van der Waals surface area contributed by atoms with Crippen molar-refractivity contribution in [2.24, 2.45) is 4.99 Å². The fourth-order valence-electron chi connectivity index (χ4n) is 3.98. The summed E-state index contributed by atoms with van der Waals surface area (Å²) < 4.78 is 2.29. The van der Waals surface area contributed by atoms with Gasteiger partial charge in [0.2, 0.25) is 0 Å². The van der Waals surface area contributed by atoms with Gasteiger partial charge in [-0.2, -0.15) is 0 Å². The van der Waals surface area contributed by atoms with Crippen LogP contribution in [0.1, 0.15) is 12.8 Å². The molecule has 3 aromatic rings. The number of nitrogens with zero attached hydrogens (tertiary/aromatic N) is 3. The van der Waals surface area contributed by atoms with Gasteiger partial charge in [-0.1, -0.05) is 48.5 Å². The molecule has 0 atom stereocenters. The summed E-state index contributed by atoms with van der Waals surface area (Å²) in [7, 11) is 0. The Morgan fingerprint density at radius 1 is 0.806 bits per heavy atom. The van der Waals surface area contributed by atoms with Gasteiger partial charge >= 0.3 is 0 Å². The van der Waals surface area contributed by atoms with Crippen LogP contribution in [0, 0.1) is 0 Å². The summed E-state index contributed by atoms with van der Waals surface area (Å²) in [5.41, 5.74) is 7.21. The van der Waals surface area contributed by atoms with Crippen LogP contribution in [0.3, 0.4) is 0 Å². The molecular formula is C27H22N4. The maximum atomic E-state index is 5.03. The Labute approximate surface area is 180 Å². The molecule has 0 saturated heterocycles. The normalized spacial score (nSPS) is 14.3. The number of hydrogen-bond acceptors (Lipinski definition) is 3. The number of anilines is 2. The summed E-state index contributed by atoms with van der Waals surface area (Å²) in [6.45, 7) is 0. The molecule has 0 amide bonds. The molecule has 6 rings (SSSR count). The van der Waals surface area contributed by atoms with Crippen LogP contribution in [0.15, 0.2) is 102 Å². The topological polar surface area (TPSA) is 42.2 Å². The standard InChI is InChI=1S/C27H22N4/c1-3-9-19(10-4-1)28-23-17-25-27(18-24(23)29-20-15-16-20)31(21-11-5-2-6-12-21)26-14-8-7-13-22(26)30-25/h1-14,17-18,20,28H,15-16H2. The van der Waals surface area contributed by atoms with Gasteiger partial charge in [-0.05, 0) is 61.4 Å². The van der Waals surface area contributed by atoms with Crippen molar-refractivity contribution in [3.05, 3.63) is 102 Å². The van der Waals surface area contributed by atoms with Gasteiger partial charge in [0.05, 0.1) is 39.5 Å². The minimum absolute atomic E-state index is 0.423. The van der Waals surface area contributed by atoms with Crippen molar-refractivity contribution in [3.8, 4) is 17.1 Å². The lowest BCUT2D eigenvalue weighted by atomic mass is 10.1. The summed E-state index contributed by atoms with van der Waals surface area (Å²) in [4.78, 5) is 10.0. The molecule has 1 N–H and O–H groups in total. The second-order valence-electron chi connectivity index (χ2n) is 7.98. The van der Waals surface area contributed by atoms with Gasteiger partial charge in [0.25, 0.3) is 0 Å². The first-order chi connectivity index (χ1) is 15.3. The van der Waals surface area contributed by atoms with E-state index in [0.29, 0.717) is 6.04 Å². The SMILES string of the molecule is c1ccc(Nc2cc3nc4ccccc4n(-c4ccccc4)c-3cc2=NC2CC2)cc1. The highest BCUT2D eigenvalue weighted by Gasteiger charge is 2.21. The molecule has 0 unspecified atom stereocenters. The van der Waals surface area contributed by atoms with Crippen molar-refractivity contribution in [3.63, 3.8) is 0 Å². The zero-order valence-corrected chi connectivity index (χ0v) is 17.1. The summed E-state index contributed by atoms with van der Waals surface area (Å²) in [6, 6.07) is 33.8. The van der Waals surface area contributed by atoms with Crippen LogP contribution in [0.5, 0.6) is 0 Å². The van der Waals surface area contributed by atoms with Gasteiger partial charge in [-0.3, -0.25) is 4.99 Å². The third-order valence-corrected chi connectivity index (χ3v) is 5.63. The largest absolute Gasteiger partial charge is 0.354 e. The molecule has 1 saturated carbocycles. The maximum absolute atomic E-state index is 5.03. The molecule has 1 aliphatic heterocycles. The van der Waals surface area contributed by atoms with E-state index in [-0.39, 0.29) is 0 Å². The average Bonchev–Trinajstić information content (AvgIpc) is 3.63. The summed E-state index contributed by atoms with van der Waals surface area (Å²) in [5.74, 6) is 0. The molecule has 3 aromatic carbocycles. The van der Waals surface area contributed by atoms with E-state index in [1.165, 1.54) is 0 Å². The average molecular weight is 403 g/mol. The number of hydrogen-bond donors (Lipinski definition) is 1. The number of fused-ring (bicyclic) bond motifs is 2. The van der Waals surface area contributed by atoms with Crippen LogP contribution in [0.2, 0.25) is 0 Å². The van der Waals surface area contributed by atoms with Crippen molar-refractivity contribution >= 4 is 22.4 Å². The van der Waals surface area contributed by atoms with E-state index in [4.69, 9.17) is 9.98 Å². The van der Waals surface area contributed by atoms with Gasteiger partial charge in [-0.15, -0.1) is 0 Å². The molecule has 0 aromatic heterocycles. The highest BCUT2D eigenvalue weighted by Crippen LogP contribution is 2.31. The predicted octanol–water partition coefficient (Wildman–Crippen LogP) is 5.94. The zero-order chi connectivity index (χ0) is 20.6. The van der Waals surface area contributed by atoms with Crippen molar-refractivity contribution in [2.75, 3.05) is 5.32 Å². The van der Waals surface area contributed by atoms with E-state index >= 15 is 0 Å². The first-order valence-electron chi connectivity index (χ1n) is 10.7. The molecule has 0 spiro atoms. The first-order valence-corrected chi connectivity index (χ1v) is 10.7. The highest BCUT2D eigenvalue weighted by molar-refractivity contribution is 5.84. The molecule has 4 nitrogen and oxygen atoms in total. The third-order valence-electron chi connectivity index (χ3n) is 5.63. The van der Waals surface area contributed by atoms with Crippen molar-refractivity contribution in [1.82, 2.24) is 9.55 Å². The molecule has 1 heterocycles. The van der Waals surface area contributed by atoms with Crippen LogP contribution < -0.4 is 10.7 Å². The van der Waals surface area contributed by atoms with Crippen molar-refractivity contribution in [1.29, 1.82) is 0 Å². The molecule has 1 fully saturated rings. The molecule has 0 radical (unpaired) electrons. The van der Waals surface area contributed by atoms with Crippen LogP contribution in [-0.2, 0) is 0 Å². The second-order valence-corrected chi connectivity index (χ2v) is 7.98. The van der Waals surface area contributed by atoms with Crippen LogP contribution in [-0.4, -0.2) is 15.6 Å². The van der Waals surface area contributed by atoms with Crippen LogP contribution in [0.4, 0.5) is 11.4 Å². The molecule has 150 valence electrons. The minimum Gasteiger partial charge on any atom is -0.354 e. The number of aromatic nitrogens is 2. The fourth-order valence-corrected chi connectivity index (χ4v) is 3.98. The Balaban J connectivity index is 1.65. The number of nitrogens with one attached hydrogen (secondary N) is 1. The van der Waals surface area contributed by atoms with E-state index < -0.39 is 0 Å². The van der Waals surface area contributed by atoms with Gasteiger partial charge in [0, 0.05) is 11.4 Å². The lowest BCUT2D eigenvalue weighted by Crippen LogP contribution is -2.15. The highest BCUT2D eigenvalue weighted by atomic mass is 15.0. The third kappa shape index (κ3) is 3.46. The van der Waals surface area contributed by atoms with Gasteiger partial charge in [0.1, 0.15) is 0 Å². The smallest absolute Gasteiger partial charge is 0.0900 e. The molecule has 4 heteroatoms. The Hall–Kier alpha value is -3.92. The molecule has 2 aliphatic carbocycles. The Bertz CT molecular complexity index is 1400. The van der Waals surface area contributed by atoms with Gasteiger partial charge < -0.3 is 9.88 Å². The molecule has 3 aliphatic rings. The molecule has 0 bridgehead atoms. The molecule has 31 heavy (non-hydrogen) atoms. The van der Waals surface area contributed by atoms with Crippen molar-refractivity contribution < 1.29 is 0 Å². The van der Waals surface area contributed by atoms with Gasteiger partial charge in [0.15, 0.2) is 0 Å². The first kappa shape index (κ1) is 17.9. The Kier molecular flexibility index (Phi) is 4.27. The fraction of sp³-hybridized carbons (Fsp3) is 0.111. The Morgan fingerprint density at radius 3 is 2.29 bits per heavy atom. The van der Waals surface area contributed by atoms with Gasteiger partial charge in [-0.25, -0.2) is 4.98 Å². The van der Waals surface area contributed by atoms with E-state index in [2.05, 4.69) is 76.6 Å². The lowest BCUT2D eigenvalue weighted by molar-refractivity contribution is 0.997. The predicted molar refractivity (Wildman–Crippen MR) is 126 cm³/mol. The van der Waals surface area contributed by atoms with Crippen LogP contribution >= 0.6 is 0 Å². The van der Waals surface area contributed by atoms with Crippen molar-refractivity contribution in [2.45, 2.75) is 18.9 Å². The number of para-hydroxylation sites is 4. The summed E-state index contributed by atoms with van der Waals surface area (Å²) in [5, 5.41) is 4.55. The van der Waals surface area contributed by atoms with Crippen LogP contribution in [0.25, 0.3) is 28.1 Å². The lowest BCUT2D eigenvalue weighted by Gasteiger charge is -2.20. The maximum Gasteiger partial charge on any atom is 0.0900 e. The minimum atomic E-state index is 0.423. The quantitative estimate of drug-likeness (QED) is 0.378.